The first-order valence-corrected chi connectivity index (χ1v) is 6.39. The molecule has 0 aliphatic carbocycles. The molecule has 0 unspecified atom stereocenters. The number of rotatable bonds is 4. The van der Waals surface area contributed by atoms with Crippen molar-refractivity contribution in [3.63, 3.8) is 0 Å². The fourth-order valence-electron chi connectivity index (χ4n) is 2.12. The Morgan fingerprint density at radius 1 is 1.42 bits per heavy atom. The second-order valence-corrected chi connectivity index (χ2v) is 4.62. The topological polar surface area (TPSA) is 41.6 Å². The molecule has 0 spiro atoms. The first-order chi connectivity index (χ1) is 8.77. The number of nitrogens with zero attached hydrogens (tertiary/aromatic N) is 1. The van der Waals surface area contributed by atoms with Gasteiger partial charge >= 0.3 is 0 Å². The standard InChI is InChI=1S/C14H20N2O2.ClH/c1-12-9-15-7-8-16(12)14(17)11-18-10-13-5-3-2-4-6-13;/h2-6,12,15H,7-11H2,1H3;1H/t12-;/m0./s1. The third kappa shape index (κ3) is 4.82. The maximum Gasteiger partial charge on any atom is 0.248 e. The van der Waals surface area contributed by atoms with E-state index in [0.717, 1.165) is 25.2 Å². The Balaban J connectivity index is 0.00000180. The lowest BCUT2D eigenvalue weighted by Gasteiger charge is -2.33. The van der Waals surface area contributed by atoms with Crippen molar-refractivity contribution in [3.05, 3.63) is 35.9 Å². The average molecular weight is 285 g/mol. The van der Waals surface area contributed by atoms with E-state index in [0.29, 0.717) is 6.61 Å². The van der Waals surface area contributed by atoms with E-state index in [1.54, 1.807) is 0 Å². The lowest BCUT2D eigenvalue weighted by atomic mass is 10.2. The largest absolute Gasteiger partial charge is 0.367 e. The molecule has 106 valence electrons. The maximum atomic E-state index is 12.0. The molecule has 1 amide bonds. The molecule has 1 heterocycles. The van der Waals surface area contributed by atoms with E-state index in [-0.39, 0.29) is 31.0 Å². The van der Waals surface area contributed by atoms with E-state index in [1.165, 1.54) is 0 Å². The first kappa shape index (κ1) is 16.0. The summed E-state index contributed by atoms with van der Waals surface area (Å²) in [5.74, 6) is 0.0833. The molecule has 1 N–H and O–H groups in total. The number of halogens is 1. The van der Waals surface area contributed by atoms with Gasteiger partial charge < -0.3 is 15.0 Å². The average Bonchev–Trinajstić information content (AvgIpc) is 2.40. The Morgan fingerprint density at radius 3 is 2.84 bits per heavy atom. The van der Waals surface area contributed by atoms with Gasteiger partial charge in [-0.15, -0.1) is 12.4 Å². The summed E-state index contributed by atoms with van der Waals surface area (Å²) in [4.78, 5) is 13.9. The van der Waals surface area contributed by atoms with Gasteiger partial charge in [0.15, 0.2) is 0 Å². The van der Waals surface area contributed by atoms with Crippen LogP contribution in [0.1, 0.15) is 12.5 Å². The number of ether oxygens (including phenoxy) is 1. The van der Waals surface area contributed by atoms with E-state index >= 15 is 0 Å². The summed E-state index contributed by atoms with van der Waals surface area (Å²) in [7, 11) is 0. The summed E-state index contributed by atoms with van der Waals surface area (Å²) >= 11 is 0. The Labute approximate surface area is 120 Å². The van der Waals surface area contributed by atoms with Crippen LogP contribution < -0.4 is 5.32 Å². The quantitative estimate of drug-likeness (QED) is 0.910. The molecule has 1 aliphatic heterocycles. The highest BCUT2D eigenvalue weighted by Crippen LogP contribution is 2.05. The molecule has 0 saturated carbocycles. The van der Waals surface area contributed by atoms with Gasteiger partial charge in [-0.25, -0.2) is 0 Å². The summed E-state index contributed by atoms with van der Waals surface area (Å²) < 4.78 is 5.47. The second-order valence-electron chi connectivity index (χ2n) is 4.62. The zero-order valence-corrected chi connectivity index (χ0v) is 12.0. The van der Waals surface area contributed by atoms with Gasteiger partial charge in [-0.2, -0.15) is 0 Å². The minimum absolute atomic E-state index is 0. The van der Waals surface area contributed by atoms with E-state index < -0.39 is 0 Å². The van der Waals surface area contributed by atoms with Gasteiger partial charge in [0.1, 0.15) is 6.61 Å². The van der Waals surface area contributed by atoms with Gasteiger partial charge in [-0.3, -0.25) is 4.79 Å². The lowest BCUT2D eigenvalue weighted by Crippen LogP contribution is -2.53. The highest BCUT2D eigenvalue weighted by molar-refractivity contribution is 5.85. The Morgan fingerprint density at radius 2 is 2.16 bits per heavy atom. The molecule has 1 aromatic carbocycles. The van der Waals surface area contributed by atoms with Crippen molar-refractivity contribution in [2.75, 3.05) is 26.2 Å². The number of hydrogen-bond acceptors (Lipinski definition) is 3. The van der Waals surface area contributed by atoms with Gasteiger partial charge in [0.05, 0.1) is 6.61 Å². The molecular weight excluding hydrogens is 264 g/mol. The molecule has 1 aromatic rings. The van der Waals surface area contributed by atoms with Crippen LogP contribution in [0.15, 0.2) is 30.3 Å². The van der Waals surface area contributed by atoms with E-state index in [1.807, 2.05) is 35.2 Å². The lowest BCUT2D eigenvalue weighted by molar-refractivity contribution is -0.139. The molecule has 0 bridgehead atoms. The molecular formula is C14H21ClN2O2. The summed E-state index contributed by atoms with van der Waals surface area (Å²) in [6.07, 6.45) is 0. The van der Waals surface area contributed by atoms with Crippen molar-refractivity contribution in [2.24, 2.45) is 0 Å². The second kappa shape index (κ2) is 8.15. The number of nitrogens with one attached hydrogen (secondary N) is 1. The minimum atomic E-state index is 0. The van der Waals surface area contributed by atoms with E-state index in [4.69, 9.17) is 4.74 Å². The van der Waals surface area contributed by atoms with E-state index in [2.05, 4.69) is 12.2 Å². The Bertz CT molecular complexity index is 386. The zero-order valence-electron chi connectivity index (χ0n) is 11.2. The van der Waals surface area contributed by atoms with Crippen LogP contribution in [0.25, 0.3) is 0 Å². The molecule has 1 saturated heterocycles. The van der Waals surface area contributed by atoms with Crippen LogP contribution in [-0.4, -0.2) is 43.1 Å². The summed E-state index contributed by atoms with van der Waals surface area (Å²) in [5, 5.41) is 3.27. The zero-order chi connectivity index (χ0) is 12.8. The van der Waals surface area contributed by atoms with Crippen molar-refractivity contribution >= 4 is 18.3 Å². The monoisotopic (exact) mass is 284 g/mol. The van der Waals surface area contributed by atoms with Crippen LogP contribution >= 0.6 is 12.4 Å². The van der Waals surface area contributed by atoms with Crippen LogP contribution in [-0.2, 0) is 16.1 Å². The minimum Gasteiger partial charge on any atom is -0.367 e. The van der Waals surface area contributed by atoms with Gasteiger partial charge in [-0.05, 0) is 12.5 Å². The molecule has 2 rings (SSSR count). The third-order valence-corrected chi connectivity index (χ3v) is 3.16. The van der Waals surface area contributed by atoms with Crippen molar-refractivity contribution in [2.45, 2.75) is 19.6 Å². The molecule has 5 heteroatoms. The van der Waals surface area contributed by atoms with E-state index in [9.17, 15) is 4.79 Å². The van der Waals surface area contributed by atoms with Crippen LogP contribution in [0.4, 0.5) is 0 Å². The molecule has 0 aromatic heterocycles. The van der Waals surface area contributed by atoms with Crippen LogP contribution in [0.3, 0.4) is 0 Å². The predicted molar refractivity (Wildman–Crippen MR) is 77.4 cm³/mol. The van der Waals surface area contributed by atoms with Crippen LogP contribution in [0.2, 0.25) is 0 Å². The fourth-order valence-corrected chi connectivity index (χ4v) is 2.12. The van der Waals surface area contributed by atoms with Crippen molar-refractivity contribution in [3.8, 4) is 0 Å². The molecule has 1 aliphatic rings. The van der Waals surface area contributed by atoms with Crippen molar-refractivity contribution in [1.82, 2.24) is 10.2 Å². The Hall–Kier alpha value is -1.10. The number of amides is 1. The van der Waals surface area contributed by atoms with Crippen molar-refractivity contribution < 1.29 is 9.53 Å². The van der Waals surface area contributed by atoms with Gasteiger partial charge in [0, 0.05) is 25.7 Å². The molecule has 19 heavy (non-hydrogen) atoms. The van der Waals surface area contributed by atoms with Crippen LogP contribution in [0, 0.1) is 0 Å². The molecule has 4 nitrogen and oxygen atoms in total. The highest BCUT2D eigenvalue weighted by Gasteiger charge is 2.22. The number of piperazine rings is 1. The Kier molecular flexibility index (Phi) is 6.84. The normalized spacial score (nSPS) is 18.8. The number of benzene rings is 1. The molecule has 0 radical (unpaired) electrons. The predicted octanol–water partition coefficient (Wildman–Crippen LogP) is 1.45. The summed E-state index contributed by atoms with van der Waals surface area (Å²) in [5.41, 5.74) is 1.10. The number of hydrogen-bond donors (Lipinski definition) is 1. The summed E-state index contributed by atoms with van der Waals surface area (Å²) in [6, 6.07) is 10.2. The maximum absolute atomic E-state index is 12.0. The third-order valence-electron chi connectivity index (χ3n) is 3.16. The molecule has 1 atom stereocenters. The molecule has 1 fully saturated rings. The van der Waals surface area contributed by atoms with Gasteiger partial charge in [0.2, 0.25) is 5.91 Å². The van der Waals surface area contributed by atoms with Crippen molar-refractivity contribution in [1.29, 1.82) is 0 Å². The number of carbonyl (C=O) groups excluding carboxylic acids is 1. The van der Waals surface area contributed by atoms with Crippen LogP contribution in [0.5, 0.6) is 0 Å². The smallest absolute Gasteiger partial charge is 0.248 e. The van der Waals surface area contributed by atoms with Gasteiger partial charge in [-0.1, -0.05) is 30.3 Å². The summed E-state index contributed by atoms with van der Waals surface area (Å²) in [6.45, 7) is 5.22. The number of carbonyl (C=O) groups is 1. The van der Waals surface area contributed by atoms with Gasteiger partial charge in [0.25, 0.3) is 0 Å². The highest BCUT2D eigenvalue weighted by atomic mass is 35.5. The first-order valence-electron chi connectivity index (χ1n) is 6.39. The SMILES string of the molecule is C[C@H]1CNCCN1C(=O)COCc1ccccc1.Cl. The fraction of sp³-hybridized carbons (Fsp3) is 0.500.